The highest BCUT2D eigenvalue weighted by Gasteiger charge is 2.11. The fourth-order valence-electron chi connectivity index (χ4n) is 2.87. The van der Waals surface area contributed by atoms with Crippen molar-refractivity contribution in [3.63, 3.8) is 0 Å². The summed E-state index contributed by atoms with van der Waals surface area (Å²) in [4.78, 5) is 2.33. The molecule has 0 saturated carbocycles. The summed E-state index contributed by atoms with van der Waals surface area (Å²) in [5, 5.41) is 4.49. The van der Waals surface area contributed by atoms with Crippen LogP contribution in [0.2, 0.25) is 0 Å². The zero-order valence-electron chi connectivity index (χ0n) is 13.8. The van der Waals surface area contributed by atoms with Crippen LogP contribution in [-0.2, 0) is 0 Å². The zero-order chi connectivity index (χ0) is 16.6. The first-order chi connectivity index (χ1) is 11.8. The Balaban J connectivity index is 1.44. The molecule has 2 nitrogen and oxygen atoms in total. The molecule has 1 heterocycles. The molecule has 24 heavy (non-hydrogen) atoms. The van der Waals surface area contributed by atoms with E-state index in [1.807, 2.05) is 23.6 Å². The van der Waals surface area contributed by atoms with E-state index in [0.29, 0.717) is 6.61 Å². The van der Waals surface area contributed by atoms with Crippen LogP contribution in [0.5, 0.6) is 5.75 Å². The Labute approximate surface area is 153 Å². The summed E-state index contributed by atoms with van der Waals surface area (Å²) >= 11 is 7.15. The molecule has 0 radical (unpaired) electrons. The van der Waals surface area contributed by atoms with E-state index in [2.05, 4.69) is 35.2 Å². The third-order valence-corrected chi connectivity index (χ3v) is 5.53. The summed E-state index contributed by atoms with van der Waals surface area (Å²) in [5.41, 5.74) is 0. The van der Waals surface area contributed by atoms with Crippen LogP contribution in [0.3, 0.4) is 0 Å². The molecular formula is C20H23NOS2. The molecule has 126 valence electrons. The zero-order valence-corrected chi connectivity index (χ0v) is 15.5. The van der Waals surface area contributed by atoms with Crippen molar-refractivity contribution in [3.05, 3.63) is 53.9 Å². The molecule has 0 bridgehead atoms. The molecule has 1 saturated heterocycles. The second kappa shape index (κ2) is 9.09. The van der Waals surface area contributed by atoms with Crippen molar-refractivity contribution in [1.29, 1.82) is 0 Å². The number of nitrogens with zero attached hydrogens (tertiary/aromatic N) is 1. The smallest absolute Gasteiger partial charge is 0.140 e. The van der Waals surface area contributed by atoms with Crippen LogP contribution in [0.25, 0.3) is 10.8 Å². The Morgan fingerprint density at radius 2 is 1.79 bits per heavy atom. The normalized spacial score (nSPS) is 15.6. The SMILES string of the molecule is S=C(S/C=C\COc1ccc2ccccc2c1)N1CCCCCC1. The summed E-state index contributed by atoms with van der Waals surface area (Å²) in [5.74, 6) is 0.901. The number of likely N-dealkylation sites (tertiary alicyclic amines) is 1. The Kier molecular flexibility index (Phi) is 6.56. The van der Waals surface area contributed by atoms with Crippen LogP contribution in [0.15, 0.2) is 53.9 Å². The maximum Gasteiger partial charge on any atom is 0.140 e. The molecule has 0 aromatic heterocycles. The number of rotatable bonds is 4. The van der Waals surface area contributed by atoms with Crippen molar-refractivity contribution in [2.45, 2.75) is 25.7 Å². The number of benzene rings is 2. The van der Waals surface area contributed by atoms with Crippen molar-refractivity contribution in [1.82, 2.24) is 4.90 Å². The molecule has 0 aliphatic carbocycles. The minimum absolute atomic E-state index is 0.563. The lowest BCUT2D eigenvalue weighted by Gasteiger charge is -2.21. The van der Waals surface area contributed by atoms with Crippen molar-refractivity contribution >= 4 is 39.1 Å². The van der Waals surface area contributed by atoms with E-state index in [4.69, 9.17) is 17.0 Å². The van der Waals surface area contributed by atoms with Gasteiger partial charge in [0.2, 0.25) is 0 Å². The number of hydrogen-bond acceptors (Lipinski definition) is 3. The number of fused-ring (bicyclic) bond motifs is 1. The summed E-state index contributed by atoms with van der Waals surface area (Å²) in [7, 11) is 0. The molecule has 3 rings (SSSR count). The average molecular weight is 358 g/mol. The van der Waals surface area contributed by atoms with Crippen LogP contribution in [0, 0.1) is 0 Å². The Morgan fingerprint density at radius 1 is 1.04 bits per heavy atom. The van der Waals surface area contributed by atoms with Gasteiger partial charge in [-0.05, 0) is 47.2 Å². The molecule has 4 heteroatoms. The molecule has 2 aromatic rings. The molecule has 2 aromatic carbocycles. The molecule has 0 unspecified atom stereocenters. The maximum absolute atomic E-state index is 5.80. The predicted octanol–water partition coefficient (Wildman–Crippen LogP) is 5.63. The van der Waals surface area contributed by atoms with E-state index in [1.165, 1.54) is 36.5 Å². The van der Waals surface area contributed by atoms with Crippen LogP contribution in [0.4, 0.5) is 0 Å². The van der Waals surface area contributed by atoms with E-state index in [0.717, 1.165) is 23.2 Å². The summed E-state index contributed by atoms with van der Waals surface area (Å²) in [6.45, 7) is 2.77. The van der Waals surface area contributed by atoms with Crippen molar-refractivity contribution in [3.8, 4) is 5.75 Å². The maximum atomic E-state index is 5.80. The summed E-state index contributed by atoms with van der Waals surface area (Å²) in [6.07, 6.45) is 7.22. The first-order valence-corrected chi connectivity index (χ1v) is 9.84. The van der Waals surface area contributed by atoms with Gasteiger partial charge in [0.15, 0.2) is 0 Å². The fraction of sp³-hybridized carbons (Fsp3) is 0.350. The second-order valence-electron chi connectivity index (χ2n) is 5.98. The van der Waals surface area contributed by atoms with Gasteiger partial charge in [0.05, 0.1) is 0 Å². The van der Waals surface area contributed by atoms with Crippen LogP contribution >= 0.6 is 24.0 Å². The van der Waals surface area contributed by atoms with Gasteiger partial charge in [-0.1, -0.05) is 67.2 Å². The van der Waals surface area contributed by atoms with E-state index >= 15 is 0 Å². The molecule has 1 aliphatic rings. The highest BCUT2D eigenvalue weighted by molar-refractivity contribution is 8.24. The van der Waals surface area contributed by atoms with Gasteiger partial charge in [-0.2, -0.15) is 0 Å². The molecule has 1 fully saturated rings. The van der Waals surface area contributed by atoms with Gasteiger partial charge in [0.25, 0.3) is 0 Å². The number of thiocarbonyl (C=S) groups is 1. The number of hydrogen-bond donors (Lipinski definition) is 0. The summed E-state index contributed by atoms with van der Waals surface area (Å²) < 4.78 is 6.79. The molecule has 0 atom stereocenters. The average Bonchev–Trinajstić information content (AvgIpc) is 2.90. The Morgan fingerprint density at radius 3 is 2.58 bits per heavy atom. The third-order valence-electron chi connectivity index (χ3n) is 4.20. The minimum atomic E-state index is 0.563. The molecular weight excluding hydrogens is 334 g/mol. The first-order valence-electron chi connectivity index (χ1n) is 8.55. The first kappa shape index (κ1) is 17.3. The number of ether oxygens (including phenoxy) is 1. The van der Waals surface area contributed by atoms with E-state index in [9.17, 15) is 0 Å². The van der Waals surface area contributed by atoms with Crippen LogP contribution in [-0.4, -0.2) is 28.9 Å². The Hall–Kier alpha value is -1.52. The van der Waals surface area contributed by atoms with E-state index < -0.39 is 0 Å². The third kappa shape index (κ3) is 4.99. The van der Waals surface area contributed by atoms with Gasteiger partial charge in [-0.25, -0.2) is 0 Å². The highest BCUT2D eigenvalue weighted by atomic mass is 32.2. The minimum Gasteiger partial charge on any atom is -0.489 e. The Bertz CT molecular complexity index is 706. The van der Waals surface area contributed by atoms with Gasteiger partial charge in [-0.15, -0.1) is 0 Å². The van der Waals surface area contributed by atoms with Crippen molar-refractivity contribution < 1.29 is 4.74 Å². The van der Waals surface area contributed by atoms with Gasteiger partial charge in [-0.3, -0.25) is 0 Å². The van der Waals surface area contributed by atoms with Crippen LogP contribution in [0.1, 0.15) is 25.7 Å². The fourth-order valence-corrected chi connectivity index (χ4v) is 3.85. The quantitative estimate of drug-likeness (QED) is 0.658. The van der Waals surface area contributed by atoms with Crippen LogP contribution < -0.4 is 4.74 Å². The molecule has 0 N–H and O–H groups in total. The lowest BCUT2D eigenvalue weighted by atomic mass is 10.1. The van der Waals surface area contributed by atoms with E-state index in [1.54, 1.807) is 11.8 Å². The van der Waals surface area contributed by atoms with Crippen molar-refractivity contribution in [2.24, 2.45) is 0 Å². The largest absolute Gasteiger partial charge is 0.489 e. The monoisotopic (exact) mass is 357 g/mol. The van der Waals surface area contributed by atoms with E-state index in [-0.39, 0.29) is 0 Å². The molecule has 1 aliphatic heterocycles. The predicted molar refractivity (Wildman–Crippen MR) is 109 cm³/mol. The van der Waals surface area contributed by atoms with Crippen molar-refractivity contribution in [2.75, 3.05) is 19.7 Å². The highest BCUT2D eigenvalue weighted by Crippen LogP contribution is 2.21. The van der Waals surface area contributed by atoms with Gasteiger partial charge in [0, 0.05) is 13.1 Å². The lowest BCUT2D eigenvalue weighted by Crippen LogP contribution is -2.27. The van der Waals surface area contributed by atoms with Gasteiger partial charge in [0.1, 0.15) is 16.7 Å². The second-order valence-corrected chi connectivity index (χ2v) is 7.52. The summed E-state index contributed by atoms with van der Waals surface area (Å²) in [6, 6.07) is 14.5. The molecule has 0 spiro atoms. The molecule has 0 amide bonds. The topological polar surface area (TPSA) is 12.5 Å². The van der Waals surface area contributed by atoms with Gasteiger partial charge >= 0.3 is 0 Å². The lowest BCUT2D eigenvalue weighted by molar-refractivity contribution is 0.363. The van der Waals surface area contributed by atoms with Gasteiger partial charge < -0.3 is 9.64 Å². The standard InChI is InChI=1S/C20H23NOS2/c23-20(21-12-5-1-2-6-13-21)24-15-7-14-22-19-11-10-17-8-3-4-9-18(17)16-19/h3-4,7-11,15-16H,1-2,5-6,12-14H2/b15-7-. The number of thioether (sulfide) groups is 1.